The number of rotatable bonds is 7. The van der Waals surface area contributed by atoms with E-state index < -0.39 is 0 Å². The van der Waals surface area contributed by atoms with Crippen LogP contribution in [-0.4, -0.2) is 33.4 Å². The van der Waals surface area contributed by atoms with Gasteiger partial charge in [-0.15, -0.1) is 21.5 Å². The van der Waals surface area contributed by atoms with E-state index in [1.165, 1.54) is 23.1 Å². The lowest BCUT2D eigenvalue weighted by Gasteiger charge is -2.13. The average molecular weight is 408 g/mol. The molecule has 2 heterocycles. The fourth-order valence-corrected chi connectivity index (χ4v) is 4.47. The second-order valence-electron chi connectivity index (χ2n) is 5.81. The summed E-state index contributed by atoms with van der Waals surface area (Å²) in [5.74, 6) is 1.90. The summed E-state index contributed by atoms with van der Waals surface area (Å²) in [6.07, 6.45) is 0. The Balaban J connectivity index is 1.81. The summed E-state index contributed by atoms with van der Waals surface area (Å²) in [5, 5.41) is 9.36. The Labute approximate surface area is 165 Å². The molecule has 0 spiro atoms. The predicted octanol–water partition coefficient (Wildman–Crippen LogP) is 5.22. The molecule has 0 atom stereocenters. The molecule has 8 heteroatoms. The Kier molecular flexibility index (Phi) is 6.01. The van der Waals surface area contributed by atoms with Crippen LogP contribution in [-0.2, 0) is 0 Å². The molecule has 0 amide bonds. The molecule has 0 saturated carbocycles. The fourth-order valence-electron chi connectivity index (χ4n) is 2.44. The normalized spacial score (nSPS) is 11.1. The van der Waals surface area contributed by atoms with Crippen LogP contribution in [0.15, 0.2) is 41.6 Å². The van der Waals surface area contributed by atoms with Crippen molar-refractivity contribution in [1.82, 2.24) is 14.8 Å². The van der Waals surface area contributed by atoms with Crippen LogP contribution in [0.4, 0.5) is 0 Å². The zero-order valence-corrected chi connectivity index (χ0v) is 17.0. The molecule has 0 aliphatic carbocycles. The van der Waals surface area contributed by atoms with Crippen LogP contribution >= 0.6 is 34.7 Å². The topological polar surface area (TPSA) is 57.0 Å². The van der Waals surface area contributed by atoms with Gasteiger partial charge >= 0.3 is 0 Å². The third kappa shape index (κ3) is 4.11. The third-order valence-corrected chi connectivity index (χ3v) is 5.92. The van der Waals surface area contributed by atoms with Gasteiger partial charge in [0.25, 0.3) is 0 Å². The highest BCUT2D eigenvalue weighted by molar-refractivity contribution is 7.99. The van der Waals surface area contributed by atoms with E-state index in [9.17, 15) is 4.79 Å². The van der Waals surface area contributed by atoms with Crippen LogP contribution in [0.2, 0.25) is 4.34 Å². The lowest BCUT2D eigenvalue weighted by Crippen LogP contribution is -2.07. The Morgan fingerprint density at radius 1 is 1.23 bits per heavy atom. The average Bonchev–Trinajstić information content (AvgIpc) is 3.26. The first kappa shape index (κ1) is 18.9. The highest BCUT2D eigenvalue weighted by atomic mass is 35.5. The molecule has 0 N–H and O–H groups in total. The van der Waals surface area contributed by atoms with Gasteiger partial charge < -0.3 is 4.74 Å². The van der Waals surface area contributed by atoms with E-state index in [0.29, 0.717) is 15.0 Å². The number of thioether (sulfide) groups is 1. The van der Waals surface area contributed by atoms with Crippen molar-refractivity contribution in [2.45, 2.75) is 25.0 Å². The second kappa shape index (κ2) is 8.24. The minimum absolute atomic E-state index is 0.0382. The molecule has 26 heavy (non-hydrogen) atoms. The lowest BCUT2D eigenvalue weighted by molar-refractivity contribution is 0.102. The zero-order valence-electron chi connectivity index (χ0n) is 14.6. The zero-order chi connectivity index (χ0) is 18.7. The van der Waals surface area contributed by atoms with Gasteiger partial charge in [-0.1, -0.05) is 23.4 Å². The molecular formula is C18H18ClN3O2S2. The van der Waals surface area contributed by atoms with E-state index in [4.69, 9.17) is 16.3 Å². The van der Waals surface area contributed by atoms with Gasteiger partial charge in [0.15, 0.2) is 16.8 Å². The van der Waals surface area contributed by atoms with Gasteiger partial charge in [-0.05, 0) is 50.2 Å². The summed E-state index contributed by atoms with van der Waals surface area (Å²) >= 11 is 8.59. The molecule has 136 valence electrons. The molecule has 5 nitrogen and oxygen atoms in total. The van der Waals surface area contributed by atoms with Gasteiger partial charge in [-0.2, -0.15) is 0 Å². The van der Waals surface area contributed by atoms with Crippen molar-refractivity contribution in [3.63, 3.8) is 0 Å². The van der Waals surface area contributed by atoms with Crippen LogP contribution in [0.3, 0.4) is 0 Å². The largest absolute Gasteiger partial charge is 0.497 e. The molecule has 0 saturated heterocycles. The molecule has 0 aliphatic rings. The number of ketones is 1. The van der Waals surface area contributed by atoms with Crippen LogP contribution in [0.5, 0.6) is 5.75 Å². The van der Waals surface area contributed by atoms with E-state index in [0.717, 1.165) is 22.3 Å². The van der Waals surface area contributed by atoms with Gasteiger partial charge in [-0.3, -0.25) is 9.36 Å². The number of aromatic nitrogens is 3. The number of methoxy groups -OCH3 is 1. The maximum Gasteiger partial charge on any atom is 0.192 e. The number of nitrogens with zero attached hydrogens (tertiary/aromatic N) is 3. The number of hydrogen-bond acceptors (Lipinski definition) is 6. The molecule has 3 rings (SSSR count). The van der Waals surface area contributed by atoms with Gasteiger partial charge in [-0.25, -0.2) is 0 Å². The first-order valence-corrected chi connectivity index (χ1v) is 10.2. The molecule has 0 fully saturated rings. The standard InChI is InChI=1S/C18H18ClN3O2S2/c1-11(2)22-17(12-4-6-13(24-3)7-5-12)20-21-18(22)25-10-14(23)15-8-9-16(19)26-15/h4-9,11H,10H2,1-3H3. The Bertz CT molecular complexity index is 904. The van der Waals surface area contributed by atoms with E-state index in [1.54, 1.807) is 19.2 Å². The number of halogens is 1. The number of Topliss-reactive ketones (excluding diaryl/α,β-unsaturated/α-hetero) is 1. The van der Waals surface area contributed by atoms with Gasteiger partial charge in [0.2, 0.25) is 0 Å². The Hall–Kier alpha value is -1.83. The van der Waals surface area contributed by atoms with Crippen LogP contribution in [0.25, 0.3) is 11.4 Å². The first-order valence-electron chi connectivity index (χ1n) is 8.00. The molecule has 1 aromatic carbocycles. The third-order valence-electron chi connectivity index (χ3n) is 3.71. The van der Waals surface area contributed by atoms with Crippen molar-refractivity contribution in [3.8, 4) is 17.1 Å². The van der Waals surface area contributed by atoms with Crippen molar-refractivity contribution in [2.24, 2.45) is 0 Å². The monoisotopic (exact) mass is 407 g/mol. The number of carbonyl (C=O) groups is 1. The SMILES string of the molecule is COc1ccc(-c2nnc(SCC(=O)c3ccc(Cl)s3)n2C(C)C)cc1. The lowest BCUT2D eigenvalue weighted by atomic mass is 10.2. The minimum Gasteiger partial charge on any atom is -0.497 e. The summed E-state index contributed by atoms with van der Waals surface area (Å²) in [6, 6.07) is 11.4. The van der Waals surface area contributed by atoms with E-state index in [-0.39, 0.29) is 11.8 Å². The maximum absolute atomic E-state index is 12.3. The summed E-state index contributed by atoms with van der Waals surface area (Å²) < 4.78 is 7.86. The molecular weight excluding hydrogens is 390 g/mol. The molecule has 0 radical (unpaired) electrons. The minimum atomic E-state index is 0.0382. The van der Waals surface area contributed by atoms with E-state index >= 15 is 0 Å². The van der Waals surface area contributed by atoms with E-state index in [1.807, 2.05) is 28.8 Å². The number of thiophene rings is 1. The molecule has 0 unspecified atom stereocenters. The Morgan fingerprint density at radius 3 is 2.54 bits per heavy atom. The highest BCUT2D eigenvalue weighted by Crippen LogP contribution is 2.30. The first-order chi connectivity index (χ1) is 12.5. The summed E-state index contributed by atoms with van der Waals surface area (Å²) in [7, 11) is 1.64. The van der Waals surface area contributed by atoms with Crippen LogP contribution in [0.1, 0.15) is 29.6 Å². The van der Waals surface area contributed by atoms with Gasteiger partial charge in [0.05, 0.1) is 22.1 Å². The van der Waals surface area contributed by atoms with E-state index in [2.05, 4.69) is 24.0 Å². The van der Waals surface area contributed by atoms with Crippen molar-refractivity contribution in [3.05, 3.63) is 45.6 Å². The number of hydrogen-bond donors (Lipinski definition) is 0. The summed E-state index contributed by atoms with van der Waals surface area (Å²) in [4.78, 5) is 13.0. The highest BCUT2D eigenvalue weighted by Gasteiger charge is 2.18. The van der Waals surface area contributed by atoms with Crippen molar-refractivity contribution in [2.75, 3.05) is 12.9 Å². The Morgan fingerprint density at radius 2 is 1.96 bits per heavy atom. The van der Waals surface area contributed by atoms with Crippen molar-refractivity contribution < 1.29 is 9.53 Å². The predicted molar refractivity (Wildman–Crippen MR) is 107 cm³/mol. The van der Waals surface area contributed by atoms with Gasteiger partial charge in [0, 0.05) is 11.6 Å². The van der Waals surface area contributed by atoms with Crippen LogP contribution in [0, 0.1) is 0 Å². The number of ether oxygens (including phenoxy) is 1. The van der Waals surface area contributed by atoms with Crippen molar-refractivity contribution >= 4 is 40.5 Å². The molecule has 0 aliphatic heterocycles. The summed E-state index contributed by atoms with van der Waals surface area (Å²) in [6.45, 7) is 4.14. The molecule has 0 bridgehead atoms. The van der Waals surface area contributed by atoms with Crippen LogP contribution < -0.4 is 4.74 Å². The van der Waals surface area contributed by atoms with Crippen molar-refractivity contribution in [1.29, 1.82) is 0 Å². The smallest absolute Gasteiger partial charge is 0.192 e. The fraction of sp³-hybridized carbons (Fsp3) is 0.278. The number of carbonyl (C=O) groups excluding carboxylic acids is 1. The summed E-state index contributed by atoms with van der Waals surface area (Å²) in [5.41, 5.74) is 0.954. The number of benzene rings is 1. The maximum atomic E-state index is 12.3. The molecule has 3 aromatic rings. The molecule has 2 aromatic heterocycles. The quantitative estimate of drug-likeness (QED) is 0.396. The second-order valence-corrected chi connectivity index (χ2v) is 8.47. The van der Waals surface area contributed by atoms with Gasteiger partial charge in [0.1, 0.15) is 5.75 Å².